The van der Waals surface area contributed by atoms with Crippen LogP contribution < -0.4 is 15.8 Å². The second kappa shape index (κ2) is 5.93. The molecule has 19 heavy (non-hydrogen) atoms. The molecule has 104 valence electrons. The van der Waals surface area contributed by atoms with Crippen LogP contribution in [0.2, 0.25) is 0 Å². The lowest BCUT2D eigenvalue weighted by Gasteiger charge is -2.14. The largest absolute Gasteiger partial charge is 0.496 e. The summed E-state index contributed by atoms with van der Waals surface area (Å²) in [5.74, 6) is 0.871. The average molecular weight is 263 g/mol. The van der Waals surface area contributed by atoms with Crippen molar-refractivity contribution in [2.24, 2.45) is 5.92 Å². The number of ether oxygens (including phenoxy) is 1. The fourth-order valence-electron chi connectivity index (χ4n) is 2.48. The van der Waals surface area contributed by atoms with Crippen molar-refractivity contribution in [1.29, 1.82) is 0 Å². The lowest BCUT2D eigenvalue weighted by molar-refractivity contribution is 0.0945. The van der Waals surface area contributed by atoms with Crippen LogP contribution >= 0.6 is 0 Å². The number of nitrogens with one attached hydrogen (secondary N) is 1. The molecule has 1 unspecified atom stereocenters. The van der Waals surface area contributed by atoms with Gasteiger partial charge in [0.25, 0.3) is 5.91 Å². The Labute approximate surface area is 113 Å². The van der Waals surface area contributed by atoms with E-state index in [9.17, 15) is 4.79 Å². The number of carbonyl (C=O) groups excluding carboxylic acids is 1. The minimum Gasteiger partial charge on any atom is -0.496 e. The average Bonchev–Trinajstić information content (AvgIpc) is 2.81. The molecule has 1 heterocycles. The number of likely N-dealkylation sites (tertiary alicyclic amines) is 1. The van der Waals surface area contributed by atoms with E-state index in [0.717, 1.165) is 19.5 Å². The second-order valence-electron chi connectivity index (χ2n) is 5.05. The Hall–Kier alpha value is -1.75. The van der Waals surface area contributed by atoms with Crippen LogP contribution in [0.15, 0.2) is 18.2 Å². The van der Waals surface area contributed by atoms with E-state index in [1.165, 1.54) is 7.11 Å². The first-order chi connectivity index (χ1) is 9.11. The van der Waals surface area contributed by atoms with Gasteiger partial charge in [-0.15, -0.1) is 0 Å². The number of anilines is 1. The van der Waals surface area contributed by atoms with Crippen molar-refractivity contribution < 1.29 is 9.53 Å². The van der Waals surface area contributed by atoms with Crippen molar-refractivity contribution in [3.8, 4) is 5.75 Å². The van der Waals surface area contributed by atoms with Gasteiger partial charge in [-0.1, -0.05) is 6.07 Å². The van der Waals surface area contributed by atoms with E-state index in [-0.39, 0.29) is 5.91 Å². The van der Waals surface area contributed by atoms with Gasteiger partial charge in [-0.25, -0.2) is 0 Å². The molecule has 1 aromatic carbocycles. The van der Waals surface area contributed by atoms with Crippen molar-refractivity contribution >= 4 is 11.6 Å². The highest BCUT2D eigenvalue weighted by Crippen LogP contribution is 2.24. The fourth-order valence-corrected chi connectivity index (χ4v) is 2.48. The summed E-state index contributed by atoms with van der Waals surface area (Å²) in [7, 11) is 3.64. The quantitative estimate of drug-likeness (QED) is 0.794. The molecular formula is C14H21N3O2. The van der Waals surface area contributed by atoms with Gasteiger partial charge in [-0.3, -0.25) is 4.79 Å². The van der Waals surface area contributed by atoms with E-state index in [1.807, 2.05) is 0 Å². The van der Waals surface area contributed by atoms with E-state index in [1.54, 1.807) is 18.2 Å². The zero-order valence-electron chi connectivity index (χ0n) is 11.5. The Kier molecular flexibility index (Phi) is 4.27. The minimum absolute atomic E-state index is 0.162. The fraction of sp³-hybridized carbons (Fsp3) is 0.500. The van der Waals surface area contributed by atoms with Gasteiger partial charge in [0.2, 0.25) is 0 Å². The molecular weight excluding hydrogens is 242 g/mol. The highest BCUT2D eigenvalue weighted by atomic mass is 16.5. The number of amides is 1. The molecule has 1 aliphatic rings. The standard InChI is InChI=1S/C14H21N3O2/c1-17-7-6-10(9-17)8-16-14(18)13-11(15)4-3-5-12(13)19-2/h3-5,10H,6-9,15H2,1-2H3,(H,16,18). The maximum absolute atomic E-state index is 12.2. The second-order valence-corrected chi connectivity index (χ2v) is 5.05. The number of nitrogens with two attached hydrogens (primary N) is 1. The number of hydrogen-bond donors (Lipinski definition) is 2. The summed E-state index contributed by atoms with van der Waals surface area (Å²) < 4.78 is 5.19. The summed E-state index contributed by atoms with van der Waals surface area (Å²) >= 11 is 0. The molecule has 0 aromatic heterocycles. The molecule has 3 N–H and O–H groups in total. The van der Waals surface area contributed by atoms with Crippen molar-refractivity contribution in [1.82, 2.24) is 10.2 Å². The van der Waals surface area contributed by atoms with E-state index < -0.39 is 0 Å². The lowest BCUT2D eigenvalue weighted by atomic mass is 10.1. The third kappa shape index (κ3) is 3.17. The van der Waals surface area contributed by atoms with Crippen molar-refractivity contribution in [3.05, 3.63) is 23.8 Å². The van der Waals surface area contributed by atoms with Crippen LogP contribution in [0.5, 0.6) is 5.75 Å². The minimum atomic E-state index is -0.162. The van der Waals surface area contributed by atoms with Crippen LogP contribution in [-0.4, -0.2) is 44.6 Å². The van der Waals surface area contributed by atoms with Gasteiger partial charge in [0.1, 0.15) is 11.3 Å². The molecule has 0 bridgehead atoms. The summed E-state index contributed by atoms with van der Waals surface area (Å²) in [4.78, 5) is 14.5. The van der Waals surface area contributed by atoms with Gasteiger partial charge in [0.05, 0.1) is 7.11 Å². The van der Waals surface area contributed by atoms with Gasteiger partial charge in [-0.05, 0) is 38.1 Å². The van der Waals surface area contributed by atoms with Crippen LogP contribution in [0.3, 0.4) is 0 Å². The molecule has 0 radical (unpaired) electrons. The number of methoxy groups -OCH3 is 1. The zero-order chi connectivity index (χ0) is 13.8. The normalized spacial score (nSPS) is 19.4. The van der Waals surface area contributed by atoms with Gasteiger partial charge in [0.15, 0.2) is 0 Å². The van der Waals surface area contributed by atoms with Gasteiger partial charge < -0.3 is 20.7 Å². The highest BCUT2D eigenvalue weighted by Gasteiger charge is 2.21. The SMILES string of the molecule is COc1cccc(N)c1C(=O)NCC1CCN(C)C1. The third-order valence-electron chi connectivity index (χ3n) is 3.55. The highest BCUT2D eigenvalue weighted by molar-refractivity contribution is 6.01. The number of nitrogens with zero attached hydrogens (tertiary/aromatic N) is 1. The number of carbonyl (C=O) groups is 1. The van der Waals surface area contributed by atoms with Crippen LogP contribution in [0.4, 0.5) is 5.69 Å². The van der Waals surface area contributed by atoms with Gasteiger partial charge in [-0.2, -0.15) is 0 Å². The molecule has 5 heteroatoms. The third-order valence-corrected chi connectivity index (χ3v) is 3.55. The Balaban J connectivity index is 2.00. The summed E-state index contributed by atoms with van der Waals surface area (Å²) in [5, 5.41) is 2.95. The van der Waals surface area contributed by atoms with Crippen LogP contribution in [0, 0.1) is 5.92 Å². The molecule has 5 nitrogen and oxygen atoms in total. The molecule has 1 aliphatic heterocycles. The summed E-state index contributed by atoms with van der Waals surface area (Å²) in [5.41, 5.74) is 6.73. The van der Waals surface area contributed by atoms with E-state index in [2.05, 4.69) is 17.3 Å². The molecule has 0 aliphatic carbocycles. The van der Waals surface area contributed by atoms with E-state index in [0.29, 0.717) is 29.5 Å². The number of nitrogen functional groups attached to an aromatic ring is 1. The molecule has 1 fully saturated rings. The molecule has 1 saturated heterocycles. The predicted molar refractivity (Wildman–Crippen MR) is 75.3 cm³/mol. The molecule has 0 spiro atoms. The first-order valence-electron chi connectivity index (χ1n) is 6.51. The Morgan fingerprint density at radius 2 is 2.37 bits per heavy atom. The maximum atomic E-state index is 12.2. The topological polar surface area (TPSA) is 67.6 Å². The molecule has 0 saturated carbocycles. The molecule has 1 atom stereocenters. The maximum Gasteiger partial charge on any atom is 0.257 e. The predicted octanol–water partition coefficient (Wildman–Crippen LogP) is 0.959. The number of hydrogen-bond acceptors (Lipinski definition) is 4. The summed E-state index contributed by atoms with van der Waals surface area (Å²) in [6, 6.07) is 5.23. The van der Waals surface area contributed by atoms with E-state index >= 15 is 0 Å². The lowest BCUT2D eigenvalue weighted by Crippen LogP contribution is -2.31. The van der Waals surface area contributed by atoms with Crippen LogP contribution in [0.25, 0.3) is 0 Å². The Morgan fingerprint density at radius 3 is 3.00 bits per heavy atom. The Morgan fingerprint density at radius 1 is 1.58 bits per heavy atom. The van der Waals surface area contributed by atoms with Gasteiger partial charge in [0, 0.05) is 18.8 Å². The van der Waals surface area contributed by atoms with E-state index in [4.69, 9.17) is 10.5 Å². The van der Waals surface area contributed by atoms with Gasteiger partial charge >= 0.3 is 0 Å². The monoisotopic (exact) mass is 263 g/mol. The first-order valence-corrected chi connectivity index (χ1v) is 6.51. The van der Waals surface area contributed by atoms with Crippen molar-refractivity contribution in [3.63, 3.8) is 0 Å². The van der Waals surface area contributed by atoms with Crippen LogP contribution in [0.1, 0.15) is 16.8 Å². The smallest absolute Gasteiger partial charge is 0.257 e. The molecule has 1 aromatic rings. The number of rotatable bonds is 4. The zero-order valence-corrected chi connectivity index (χ0v) is 11.5. The summed E-state index contributed by atoms with van der Waals surface area (Å²) in [6.45, 7) is 2.81. The summed E-state index contributed by atoms with van der Waals surface area (Å²) in [6.07, 6.45) is 1.12. The Bertz CT molecular complexity index is 462. The number of benzene rings is 1. The molecule has 1 amide bonds. The van der Waals surface area contributed by atoms with Crippen molar-refractivity contribution in [2.45, 2.75) is 6.42 Å². The molecule has 2 rings (SSSR count). The first kappa shape index (κ1) is 13.7. The van der Waals surface area contributed by atoms with Crippen molar-refractivity contribution in [2.75, 3.05) is 39.5 Å². The van der Waals surface area contributed by atoms with Crippen LogP contribution in [-0.2, 0) is 0 Å².